The summed E-state index contributed by atoms with van der Waals surface area (Å²) in [7, 11) is 0. The molecule has 0 spiro atoms. The smallest absolute Gasteiger partial charge is 0.0824 e. The van der Waals surface area contributed by atoms with E-state index in [1.54, 1.807) is 0 Å². The summed E-state index contributed by atoms with van der Waals surface area (Å²) in [5.74, 6) is 0.380. The first-order valence-corrected chi connectivity index (χ1v) is 5.41. The van der Waals surface area contributed by atoms with Crippen molar-refractivity contribution >= 4 is 0 Å². The van der Waals surface area contributed by atoms with Crippen LogP contribution in [0, 0.1) is 5.92 Å². The lowest BCUT2D eigenvalue weighted by Gasteiger charge is -2.20. The number of hydrogen-bond acceptors (Lipinski definition) is 3. The Hall–Kier alpha value is -1.06. The van der Waals surface area contributed by atoms with Gasteiger partial charge in [0, 0.05) is 17.7 Å². The van der Waals surface area contributed by atoms with Crippen molar-refractivity contribution in [3.05, 3.63) is 35.6 Å². The lowest BCUT2D eigenvalue weighted by Crippen LogP contribution is -2.28. The quantitative estimate of drug-likeness (QED) is 0.636. The molecule has 3 atom stereocenters. The van der Waals surface area contributed by atoms with Crippen LogP contribution in [0.3, 0.4) is 0 Å². The van der Waals surface area contributed by atoms with E-state index in [1.165, 1.54) is 5.57 Å². The Bertz CT molecular complexity index is 329. The molecule has 1 aliphatic carbocycles. The van der Waals surface area contributed by atoms with E-state index in [0.717, 1.165) is 12.1 Å². The minimum absolute atomic E-state index is 0.0945. The predicted molar refractivity (Wildman–Crippen MR) is 61.1 cm³/mol. The van der Waals surface area contributed by atoms with Gasteiger partial charge in [-0.2, -0.15) is 0 Å². The first kappa shape index (κ1) is 10.5. The SMILES string of the molecule is CC(N)CC1=CC2C=C(CO)NC2C=C1. The molecular weight excluding hydrogens is 188 g/mol. The molecule has 0 radical (unpaired) electrons. The van der Waals surface area contributed by atoms with Gasteiger partial charge in [0.05, 0.1) is 12.6 Å². The Morgan fingerprint density at radius 2 is 2.33 bits per heavy atom. The van der Waals surface area contributed by atoms with Crippen LogP contribution in [0.15, 0.2) is 35.6 Å². The molecule has 2 rings (SSSR count). The zero-order chi connectivity index (χ0) is 10.8. The Balaban J connectivity index is 2.07. The van der Waals surface area contributed by atoms with Gasteiger partial charge in [-0.25, -0.2) is 0 Å². The van der Waals surface area contributed by atoms with Crippen molar-refractivity contribution < 1.29 is 5.11 Å². The zero-order valence-electron chi connectivity index (χ0n) is 8.98. The monoisotopic (exact) mass is 206 g/mol. The lowest BCUT2D eigenvalue weighted by atomic mass is 9.91. The normalized spacial score (nSPS) is 30.3. The van der Waals surface area contributed by atoms with Crippen LogP contribution in [-0.4, -0.2) is 23.8 Å². The highest BCUT2D eigenvalue weighted by Crippen LogP contribution is 2.26. The van der Waals surface area contributed by atoms with Gasteiger partial charge in [0.25, 0.3) is 0 Å². The summed E-state index contributed by atoms with van der Waals surface area (Å²) in [6.45, 7) is 2.11. The van der Waals surface area contributed by atoms with E-state index >= 15 is 0 Å². The number of aliphatic hydroxyl groups excluding tert-OH is 1. The third kappa shape index (κ3) is 2.30. The molecule has 1 heterocycles. The second-order valence-corrected chi connectivity index (χ2v) is 4.38. The highest BCUT2D eigenvalue weighted by Gasteiger charge is 2.25. The van der Waals surface area contributed by atoms with Crippen LogP contribution in [-0.2, 0) is 0 Å². The van der Waals surface area contributed by atoms with Crippen molar-refractivity contribution in [1.82, 2.24) is 5.32 Å². The Morgan fingerprint density at radius 1 is 1.53 bits per heavy atom. The van der Waals surface area contributed by atoms with E-state index in [2.05, 4.69) is 29.6 Å². The summed E-state index contributed by atoms with van der Waals surface area (Å²) in [5.41, 5.74) is 7.99. The summed E-state index contributed by atoms with van der Waals surface area (Å²) in [4.78, 5) is 0. The Kier molecular flexibility index (Phi) is 2.93. The van der Waals surface area contributed by atoms with E-state index in [9.17, 15) is 0 Å². The third-order valence-electron chi connectivity index (χ3n) is 2.81. The van der Waals surface area contributed by atoms with Crippen LogP contribution < -0.4 is 11.1 Å². The first-order valence-electron chi connectivity index (χ1n) is 5.41. The van der Waals surface area contributed by atoms with Crippen LogP contribution in [0.2, 0.25) is 0 Å². The van der Waals surface area contributed by atoms with Crippen LogP contribution in [0.4, 0.5) is 0 Å². The van der Waals surface area contributed by atoms with Crippen LogP contribution in [0.1, 0.15) is 13.3 Å². The first-order chi connectivity index (χ1) is 7.19. The van der Waals surface area contributed by atoms with Gasteiger partial charge in [0.1, 0.15) is 0 Å². The number of allylic oxidation sites excluding steroid dienone is 1. The second kappa shape index (κ2) is 4.21. The molecule has 0 saturated heterocycles. The minimum atomic E-state index is 0.0945. The number of fused-ring (bicyclic) bond motifs is 1. The van der Waals surface area contributed by atoms with Crippen molar-refractivity contribution in [3.63, 3.8) is 0 Å². The highest BCUT2D eigenvalue weighted by molar-refractivity contribution is 5.35. The maximum atomic E-state index is 9.03. The maximum Gasteiger partial charge on any atom is 0.0824 e. The summed E-state index contributed by atoms with van der Waals surface area (Å²) in [6, 6.07) is 0.525. The average Bonchev–Trinajstić information content (AvgIpc) is 2.58. The molecule has 0 aromatic carbocycles. The largest absolute Gasteiger partial charge is 0.390 e. The predicted octanol–water partition coefficient (Wildman–Crippen LogP) is 0.684. The van der Waals surface area contributed by atoms with Crippen LogP contribution in [0.25, 0.3) is 0 Å². The van der Waals surface area contributed by atoms with Crippen molar-refractivity contribution in [2.75, 3.05) is 6.61 Å². The van der Waals surface area contributed by atoms with Crippen LogP contribution in [0.5, 0.6) is 0 Å². The topological polar surface area (TPSA) is 58.3 Å². The van der Waals surface area contributed by atoms with E-state index in [-0.39, 0.29) is 12.6 Å². The molecule has 4 N–H and O–H groups in total. The molecule has 3 unspecified atom stereocenters. The van der Waals surface area contributed by atoms with Gasteiger partial charge >= 0.3 is 0 Å². The van der Waals surface area contributed by atoms with Crippen molar-refractivity contribution in [2.24, 2.45) is 11.7 Å². The molecule has 3 nitrogen and oxygen atoms in total. The fraction of sp³-hybridized carbons (Fsp3) is 0.500. The van der Waals surface area contributed by atoms with E-state index in [4.69, 9.17) is 10.8 Å². The summed E-state index contributed by atoms with van der Waals surface area (Å²) in [6.07, 6.45) is 9.54. The summed E-state index contributed by atoms with van der Waals surface area (Å²) >= 11 is 0. The molecule has 0 aromatic rings. The van der Waals surface area contributed by atoms with Gasteiger partial charge in [-0.1, -0.05) is 29.9 Å². The molecule has 0 saturated carbocycles. The van der Waals surface area contributed by atoms with E-state index in [0.29, 0.717) is 12.0 Å². The Labute approximate surface area is 90.4 Å². The van der Waals surface area contributed by atoms with Gasteiger partial charge in [0.2, 0.25) is 0 Å². The fourth-order valence-corrected chi connectivity index (χ4v) is 2.16. The molecular formula is C12H18N2O. The number of rotatable bonds is 3. The van der Waals surface area contributed by atoms with Crippen molar-refractivity contribution in [3.8, 4) is 0 Å². The fourth-order valence-electron chi connectivity index (χ4n) is 2.16. The standard InChI is InChI=1S/C12H18N2O/c1-8(13)4-9-2-3-12-10(5-9)6-11(7-15)14-12/h2-3,5-6,8,10,12,14-15H,4,7,13H2,1H3. The lowest BCUT2D eigenvalue weighted by molar-refractivity contribution is 0.322. The van der Waals surface area contributed by atoms with Crippen LogP contribution >= 0.6 is 0 Å². The molecule has 82 valence electrons. The number of nitrogens with one attached hydrogen (secondary N) is 1. The molecule has 0 fully saturated rings. The van der Waals surface area contributed by atoms with Gasteiger partial charge < -0.3 is 16.2 Å². The Morgan fingerprint density at radius 3 is 3.00 bits per heavy atom. The average molecular weight is 206 g/mol. The van der Waals surface area contributed by atoms with Gasteiger partial charge in [-0.15, -0.1) is 0 Å². The van der Waals surface area contributed by atoms with Crippen molar-refractivity contribution in [1.29, 1.82) is 0 Å². The number of hydrogen-bond donors (Lipinski definition) is 3. The molecule has 2 aliphatic rings. The van der Waals surface area contributed by atoms with Gasteiger partial charge in [0.15, 0.2) is 0 Å². The number of aliphatic hydroxyl groups is 1. The molecule has 15 heavy (non-hydrogen) atoms. The zero-order valence-corrected chi connectivity index (χ0v) is 8.98. The molecule has 1 aliphatic heterocycles. The summed E-state index contributed by atoms with van der Waals surface area (Å²) in [5, 5.41) is 12.3. The molecule has 0 bridgehead atoms. The van der Waals surface area contributed by atoms with E-state index < -0.39 is 0 Å². The van der Waals surface area contributed by atoms with Gasteiger partial charge in [-0.05, 0) is 13.3 Å². The van der Waals surface area contributed by atoms with Crippen molar-refractivity contribution in [2.45, 2.75) is 25.4 Å². The molecule has 3 heteroatoms. The molecule has 0 aromatic heterocycles. The number of nitrogens with two attached hydrogens (primary N) is 1. The summed E-state index contributed by atoms with van der Waals surface area (Å²) < 4.78 is 0. The molecule has 0 amide bonds. The minimum Gasteiger partial charge on any atom is -0.390 e. The maximum absolute atomic E-state index is 9.03. The van der Waals surface area contributed by atoms with E-state index in [1.807, 2.05) is 6.92 Å². The highest BCUT2D eigenvalue weighted by atomic mass is 16.3. The second-order valence-electron chi connectivity index (χ2n) is 4.38. The van der Waals surface area contributed by atoms with Gasteiger partial charge in [-0.3, -0.25) is 0 Å². The third-order valence-corrected chi connectivity index (χ3v) is 2.81.